The Morgan fingerprint density at radius 2 is 2.14 bits per heavy atom. The quantitative estimate of drug-likeness (QED) is 0.843. The van der Waals surface area contributed by atoms with Crippen molar-refractivity contribution < 1.29 is 22.4 Å². The van der Waals surface area contributed by atoms with Gasteiger partial charge in [-0.15, -0.1) is 0 Å². The number of hydrogen-bond acceptors (Lipinski definition) is 3. The van der Waals surface area contributed by atoms with Crippen LogP contribution < -0.4 is 0 Å². The van der Waals surface area contributed by atoms with E-state index in [-0.39, 0.29) is 17.0 Å². The molecular formula is C15H15F3N2O2. The van der Waals surface area contributed by atoms with E-state index in [2.05, 4.69) is 5.10 Å². The molecule has 0 fully saturated rings. The molecule has 0 atom stereocenters. The molecule has 0 aromatic carbocycles. The third-order valence-corrected chi connectivity index (χ3v) is 3.93. The highest BCUT2D eigenvalue weighted by Crippen LogP contribution is 2.41. The van der Waals surface area contributed by atoms with E-state index in [0.717, 1.165) is 4.68 Å². The fraction of sp³-hybridized carbons (Fsp3) is 0.467. The molecule has 0 unspecified atom stereocenters. The van der Waals surface area contributed by atoms with Crippen LogP contribution in [-0.4, -0.2) is 21.7 Å². The Bertz CT molecular complexity index is 712. The fourth-order valence-electron chi connectivity index (χ4n) is 2.95. The highest BCUT2D eigenvalue weighted by Gasteiger charge is 2.41. The summed E-state index contributed by atoms with van der Waals surface area (Å²) in [6, 6.07) is 3.21. The summed E-state index contributed by atoms with van der Waals surface area (Å²) >= 11 is 0. The van der Waals surface area contributed by atoms with Crippen molar-refractivity contribution in [1.29, 1.82) is 0 Å². The van der Waals surface area contributed by atoms with Crippen LogP contribution in [0, 0.1) is 0 Å². The molecular weight excluding hydrogens is 297 g/mol. The molecule has 3 rings (SSSR count). The fourth-order valence-corrected chi connectivity index (χ4v) is 2.95. The molecule has 0 amide bonds. The lowest BCUT2D eigenvalue weighted by molar-refractivity contribution is -0.143. The SMILES string of the molecule is CC1(C)CCC(=O)c2c(-c3ccco3)nn(CC(F)(F)F)c21. The Labute approximate surface area is 124 Å². The number of hydrogen-bond donors (Lipinski definition) is 0. The van der Waals surface area contributed by atoms with Crippen LogP contribution in [-0.2, 0) is 12.0 Å². The first-order valence-electron chi connectivity index (χ1n) is 6.94. The normalized spacial score (nSPS) is 17.6. The minimum atomic E-state index is -4.41. The van der Waals surface area contributed by atoms with E-state index >= 15 is 0 Å². The molecule has 0 saturated carbocycles. The summed E-state index contributed by atoms with van der Waals surface area (Å²) in [6.07, 6.45) is -2.20. The van der Waals surface area contributed by atoms with Gasteiger partial charge < -0.3 is 4.42 Å². The van der Waals surface area contributed by atoms with E-state index in [1.807, 2.05) is 13.8 Å². The number of nitrogens with zero attached hydrogens (tertiary/aromatic N) is 2. The van der Waals surface area contributed by atoms with E-state index in [0.29, 0.717) is 24.3 Å². The second-order valence-corrected chi connectivity index (χ2v) is 6.13. The Kier molecular flexibility index (Phi) is 3.19. The number of rotatable bonds is 2. The summed E-state index contributed by atoms with van der Waals surface area (Å²) in [6.45, 7) is 2.45. The number of carbonyl (C=O) groups is 1. The Hall–Kier alpha value is -2.05. The first-order valence-corrected chi connectivity index (χ1v) is 6.94. The van der Waals surface area contributed by atoms with E-state index in [1.54, 1.807) is 12.1 Å². The van der Waals surface area contributed by atoms with Gasteiger partial charge >= 0.3 is 6.18 Å². The van der Waals surface area contributed by atoms with Gasteiger partial charge in [0, 0.05) is 11.8 Å². The van der Waals surface area contributed by atoms with Crippen molar-refractivity contribution in [3.8, 4) is 11.5 Å². The third kappa shape index (κ3) is 2.44. The van der Waals surface area contributed by atoms with Gasteiger partial charge in [-0.05, 0) is 18.6 Å². The minimum Gasteiger partial charge on any atom is -0.463 e. The Balaban J connectivity index is 2.24. The Morgan fingerprint density at radius 1 is 1.41 bits per heavy atom. The van der Waals surface area contributed by atoms with E-state index in [1.165, 1.54) is 6.26 Å². The standard InChI is InChI=1S/C15H15F3N2O2/c1-14(2)6-5-9(21)11-12(10-4-3-7-22-10)19-20(13(11)14)8-15(16,17)18/h3-4,7H,5-6,8H2,1-2H3. The van der Waals surface area contributed by atoms with Crippen LogP contribution >= 0.6 is 0 Å². The number of furan rings is 1. The second-order valence-electron chi connectivity index (χ2n) is 6.13. The molecule has 0 radical (unpaired) electrons. The molecule has 0 spiro atoms. The second kappa shape index (κ2) is 4.72. The zero-order valence-corrected chi connectivity index (χ0v) is 12.2. The molecule has 2 heterocycles. The summed E-state index contributed by atoms with van der Waals surface area (Å²) in [4.78, 5) is 12.3. The van der Waals surface area contributed by atoms with Crippen LogP contribution in [0.5, 0.6) is 0 Å². The molecule has 1 aliphatic rings. The molecule has 7 heteroatoms. The predicted molar refractivity (Wildman–Crippen MR) is 72.6 cm³/mol. The molecule has 4 nitrogen and oxygen atoms in total. The maximum atomic E-state index is 12.8. The van der Waals surface area contributed by atoms with Crippen LogP contribution in [0.25, 0.3) is 11.5 Å². The van der Waals surface area contributed by atoms with Gasteiger partial charge in [0.25, 0.3) is 0 Å². The van der Waals surface area contributed by atoms with Crippen LogP contribution in [0.1, 0.15) is 42.7 Å². The van der Waals surface area contributed by atoms with Crippen molar-refractivity contribution >= 4 is 5.78 Å². The van der Waals surface area contributed by atoms with Crippen molar-refractivity contribution in [2.24, 2.45) is 0 Å². The number of ketones is 1. The lowest BCUT2D eigenvalue weighted by Crippen LogP contribution is -2.32. The van der Waals surface area contributed by atoms with Crippen molar-refractivity contribution in [3.05, 3.63) is 29.7 Å². The molecule has 0 N–H and O–H groups in total. The van der Waals surface area contributed by atoms with Crippen LogP contribution in [0.4, 0.5) is 13.2 Å². The van der Waals surface area contributed by atoms with Gasteiger partial charge in [-0.1, -0.05) is 13.8 Å². The molecule has 2 aromatic heterocycles. The van der Waals surface area contributed by atoms with Gasteiger partial charge in [0.1, 0.15) is 12.2 Å². The first kappa shape index (κ1) is 14.9. The van der Waals surface area contributed by atoms with E-state index in [9.17, 15) is 18.0 Å². The summed E-state index contributed by atoms with van der Waals surface area (Å²) in [7, 11) is 0. The molecule has 118 valence electrons. The van der Waals surface area contributed by atoms with E-state index in [4.69, 9.17) is 4.42 Å². The number of halogens is 3. The van der Waals surface area contributed by atoms with Crippen molar-refractivity contribution in [3.63, 3.8) is 0 Å². The monoisotopic (exact) mass is 312 g/mol. The molecule has 0 saturated heterocycles. The summed E-state index contributed by atoms with van der Waals surface area (Å²) < 4.78 is 44.7. The first-order chi connectivity index (χ1) is 10.2. The summed E-state index contributed by atoms with van der Waals surface area (Å²) in [5.41, 5.74) is 0.247. The number of aromatic nitrogens is 2. The lowest BCUT2D eigenvalue weighted by Gasteiger charge is -2.30. The molecule has 0 bridgehead atoms. The average Bonchev–Trinajstić information content (AvgIpc) is 2.99. The zero-order chi connectivity index (χ0) is 16.1. The number of carbonyl (C=O) groups excluding carboxylic acids is 1. The number of fused-ring (bicyclic) bond motifs is 1. The summed E-state index contributed by atoms with van der Waals surface area (Å²) in [5.74, 6) is 0.123. The van der Waals surface area contributed by atoms with Crippen molar-refractivity contribution in [2.75, 3.05) is 0 Å². The number of Topliss-reactive ketones (excluding diaryl/α,β-unsaturated/α-hetero) is 1. The zero-order valence-electron chi connectivity index (χ0n) is 12.2. The van der Waals surface area contributed by atoms with Crippen molar-refractivity contribution in [2.45, 2.75) is 44.8 Å². The topological polar surface area (TPSA) is 48.0 Å². The summed E-state index contributed by atoms with van der Waals surface area (Å²) in [5, 5.41) is 4.05. The van der Waals surface area contributed by atoms with Gasteiger partial charge in [-0.25, -0.2) is 0 Å². The van der Waals surface area contributed by atoms with Crippen LogP contribution in [0.2, 0.25) is 0 Å². The predicted octanol–water partition coefficient (Wildman–Crippen LogP) is 3.96. The smallest absolute Gasteiger partial charge is 0.408 e. The molecule has 22 heavy (non-hydrogen) atoms. The van der Waals surface area contributed by atoms with Gasteiger partial charge in [0.15, 0.2) is 11.5 Å². The lowest BCUT2D eigenvalue weighted by atomic mass is 9.75. The third-order valence-electron chi connectivity index (χ3n) is 3.93. The minimum absolute atomic E-state index is 0.186. The maximum Gasteiger partial charge on any atom is 0.408 e. The largest absolute Gasteiger partial charge is 0.463 e. The molecule has 1 aliphatic carbocycles. The van der Waals surface area contributed by atoms with Crippen LogP contribution in [0.15, 0.2) is 22.8 Å². The maximum absolute atomic E-state index is 12.8. The number of alkyl halides is 3. The van der Waals surface area contributed by atoms with E-state index < -0.39 is 18.1 Å². The highest BCUT2D eigenvalue weighted by molar-refractivity contribution is 6.03. The molecule has 0 aliphatic heterocycles. The van der Waals surface area contributed by atoms with Gasteiger partial charge in [-0.2, -0.15) is 18.3 Å². The van der Waals surface area contributed by atoms with Gasteiger partial charge in [0.2, 0.25) is 0 Å². The molecule has 2 aromatic rings. The van der Waals surface area contributed by atoms with Crippen molar-refractivity contribution in [1.82, 2.24) is 9.78 Å². The average molecular weight is 312 g/mol. The van der Waals surface area contributed by atoms with Gasteiger partial charge in [-0.3, -0.25) is 9.48 Å². The highest BCUT2D eigenvalue weighted by atomic mass is 19.4. The Morgan fingerprint density at radius 3 is 2.73 bits per heavy atom. The van der Waals surface area contributed by atoms with Crippen LogP contribution in [0.3, 0.4) is 0 Å². The van der Waals surface area contributed by atoms with Gasteiger partial charge in [0.05, 0.1) is 17.5 Å².